The summed E-state index contributed by atoms with van der Waals surface area (Å²) in [6, 6.07) is 22.2. The zero-order valence-corrected chi connectivity index (χ0v) is 22.1. The van der Waals surface area contributed by atoms with Crippen molar-refractivity contribution in [2.45, 2.75) is 45.3 Å². The second-order valence-electron chi connectivity index (χ2n) is 8.38. The van der Waals surface area contributed by atoms with Crippen molar-refractivity contribution < 1.29 is 18.7 Å². The Morgan fingerprint density at radius 3 is 2.31 bits per heavy atom. The highest BCUT2D eigenvalue weighted by Gasteiger charge is 2.31. The van der Waals surface area contributed by atoms with Crippen LogP contribution >= 0.6 is 22.6 Å². The molecule has 35 heavy (non-hydrogen) atoms. The summed E-state index contributed by atoms with van der Waals surface area (Å²) in [6.45, 7) is 3.58. The summed E-state index contributed by atoms with van der Waals surface area (Å²) in [5, 5.41) is 3.00. The van der Waals surface area contributed by atoms with Gasteiger partial charge >= 0.3 is 0 Å². The van der Waals surface area contributed by atoms with E-state index in [4.69, 9.17) is 4.74 Å². The summed E-state index contributed by atoms with van der Waals surface area (Å²) in [7, 11) is 0. The fourth-order valence-corrected chi connectivity index (χ4v) is 3.92. The first-order chi connectivity index (χ1) is 16.9. The van der Waals surface area contributed by atoms with Crippen LogP contribution in [0.2, 0.25) is 0 Å². The molecule has 0 aromatic heterocycles. The highest BCUT2D eigenvalue weighted by Crippen LogP contribution is 2.18. The number of rotatable bonds is 11. The topological polar surface area (TPSA) is 58.6 Å². The maximum Gasteiger partial charge on any atom is 0.261 e. The minimum atomic E-state index is -0.834. The zero-order valence-electron chi connectivity index (χ0n) is 19.9. The van der Waals surface area contributed by atoms with Crippen LogP contribution in [0.4, 0.5) is 4.39 Å². The van der Waals surface area contributed by atoms with Gasteiger partial charge in [0.1, 0.15) is 17.6 Å². The number of hydrogen-bond acceptors (Lipinski definition) is 3. The van der Waals surface area contributed by atoms with Gasteiger partial charge in [0.25, 0.3) is 5.91 Å². The predicted octanol–water partition coefficient (Wildman–Crippen LogP) is 5.36. The van der Waals surface area contributed by atoms with E-state index in [0.717, 1.165) is 15.6 Å². The normalized spacial score (nSPS) is 12.5. The molecule has 0 saturated heterocycles. The minimum Gasteiger partial charge on any atom is -0.484 e. The molecule has 0 aliphatic rings. The molecular weight excluding hydrogens is 558 g/mol. The molecule has 0 saturated carbocycles. The van der Waals surface area contributed by atoms with Gasteiger partial charge in [-0.15, -0.1) is 0 Å². The molecule has 3 rings (SSSR count). The molecule has 3 aromatic carbocycles. The quantitative estimate of drug-likeness (QED) is 0.307. The number of hydrogen-bond donors (Lipinski definition) is 1. The van der Waals surface area contributed by atoms with Crippen LogP contribution in [0.15, 0.2) is 78.9 Å². The third-order valence-electron chi connectivity index (χ3n) is 5.75. The first-order valence-corrected chi connectivity index (χ1v) is 12.7. The lowest BCUT2D eigenvalue weighted by Gasteiger charge is -2.32. The van der Waals surface area contributed by atoms with Crippen LogP contribution in [-0.2, 0) is 22.6 Å². The van der Waals surface area contributed by atoms with Crippen molar-refractivity contribution in [1.29, 1.82) is 0 Å². The third-order valence-corrected chi connectivity index (χ3v) is 6.47. The second-order valence-corrected chi connectivity index (χ2v) is 9.62. The molecule has 0 radical (unpaired) electrons. The van der Waals surface area contributed by atoms with E-state index in [1.54, 1.807) is 30.3 Å². The number of nitrogens with zero attached hydrogens (tertiary/aromatic N) is 1. The lowest BCUT2D eigenvalue weighted by atomic mass is 10.0. The van der Waals surface area contributed by atoms with Gasteiger partial charge in [0, 0.05) is 28.1 Å². The van der Waals surface area contributed by atoms with Gasteiger partial charge < -0.3 is 15.0 Å². The molecule has 0 bridgehead atoms. The largest absolute Gasteiger partial charge is 0.484 e. The Morgan fingerprint density at radius 2 is 1.66 bits per heavy atom. The number of carbonyl (C=O) groups excluding carboxylic acids is 2. The van der Waals surface area contributed by atoms with E-state index in [9.17, 15) is 14.0 Å². The summed E-state index contributed by atoms with van der Waals surface area (Å²) in [6.07, 6.45) is 1.05. The van der Waals surface area contributed by atoms with Crippen LogP contribution in [0.3, 0.4) is 0 Å². The maximum absolute atomic E-state index is 14.6. The van der Waals surface area contributed by atoms with Gasteiger partial charge in [0.2, 0.25) is 5.91 Å². The van der Waals surface area contributed by atoms with Crippen LogP contribution in [0.5, 0.6) is 5.75 Å². The van der Waals surface area contributed by atoms with Crippen molar-refractivity contribution in [2.24, 2.45) is 0 Å². The van der Waals surface area contributed by atoms with E-state index in [2.05, 4.69) is 27.9 Å². The van der Waals surface area contributed by atoms with Gasteiger partial charge in [-0.1, -0.05) is 55.5 Å². The summed E-state index contributed by atoms with van der Waals surface area (Å²) in [4.78, 5) is 28.3. The monoisotopic (exact) mass is 588 g/mol. The average molecular weight is 588 g/mol. The standard InChI is InChI=1S/C28H30FIN2O3/c1-3-20(2)31-28(34)26(17-21-9-5-4-6-10-21)32(18-22-11-7-8-12-25(22)29)27(33)19-35-24-15-13-23(30)14-16-24/h4-16,20,26H,3,17-19H2,1-2H3,(H,31,34)/t20-,26+/m1/s1. The van der Waals surface area contributed by atoms with Crippen LogP contribution in [0.1, 0.15) is 31.4 Å². The molecule has 0 fully saturated rings. The van der Waals surface area contributed by atoms with Crippen LogP contribution in [0.25, 0.3) is 0 Å². The first-order valence-electron chi connectivity index (χ1n) is 11.6. The molecule has 5 nitrogen and oxygen atoms in total. The van der Waals surface area contributed by atoms with E-state index in [1.807, 2.05) is 56.3 Å². The van der Waals surface area contributed by atoms with Crippen LogP contribution < -0.4 is 10.1 Å². The van der Waals surface area contributed by atoms with Crippen molar-refractivity contribution in [3.8, 4) is 5.75 Å². The van der Waals surface area contributed by atoms with Gasteiger partial charge in [-0.3, -0.25) is 9.59 Å². The fraction of sp³-hybridized carbons (Fsp3) is 0.286. The van der Waals surface area contributed by atoms with Crippen LogP contribution in [0, 0.1) is 9.39 Å². The molecule has 7 heteroatoms. The molecule has 184 valence electrons. The molecule has 2 atom stereocenters. The molecule has 0 aliphatic heterocycles. The van der Waals surface area contributed by atoms with E-state index in [0.29, 0.717) is 17.7 Å². The Labute approximate surface area is 219 Å². The first kappa shape index (κ1) is 26.7. The Kier molecular flexibility index (Phi) is 10.1. The van der Waals surface area contributed by atoms with Crippen LogP contribution in [-0.4, -0.2) is 35.4 Å². The minimum absolute atomic E-state index is 0.0486. The summed E-state index contributed by atoms with van der Waals surface area (Å²) in [5.74, 6) is -0.549. The summed E-state index contributed by atoms with van der Waals surface area (Å²) >= 11 is 2.19. The van der Waals surface area contributed by atoms with Gasteiger partial charge in [0.05, 0.1) is 0 Å². The average Bonchev–Trinajstić information content (AvgIpc) is 2.87. The molecule has 2 amide bonds. The van der Waals surface area contributed by atoms with E-state index in [-0.39, 0.29) is 25.1 Å². The lowest BCUT2D eigenvalue weighted by molar-refractivity contribution is -0.143. The Morgan fingerprint density at radius 1 is 1.00 bits per heavy atom. The molecular formula is C28H30FIN2O3. The van der Waals surface area contributed by atoms with E-state index in [1.165, 1.54) is 11.0 Å². The number of nitrogens with one attached hydrogen (secondary N) is 1. The van der Waals surface area contributed by atoms with Gasteiger partial charge in [-0.25, -0.2) is 4.39 Å². The Bertz CT molecular complexity index is 1110. The van der Waals surface area contributed by atoms with Gasteiger partial charge in [-0.2, -0.15) is 0 Å². The van der Waals surface area contributed by atoms with Crippen molar-refractivity contribution in [1.82, 2.24) is 10.2 Å². The lowest BCUT2D eigenvalue weighted by Crippen LogP contribution is -2.53. The van der Waals surface area contributed by atoms with Crippen molar-refractivity contribution in [3.63, 3.8) is 0 Å². The number of benzene rings is 3. The SMILES string of the molecule is CC[C@@H](C)NC(=O)[C@H](Cc1ccccc1)N(Cc1ccccc1F)C(=O)COc1ccc(I)cc1. The summed E-state index contributed by atoms with van der Waals surface area (Å²) in [5.41, 5.74) is 1.24. The molecule has 0 spiro atoms. The second kappa shape index (κ2) is 13.2. The summed E-state index contributed by atoms with van der Waals surface area (Å²) < 4.78 is 21.4. The predicted molar refractivity (Wildman–Crippen MR) is 143 cm³/mol. The van der Waals surface area contributed by atoms with Gasteiger partial charge in [-0.05, 0) is 71.8 Å². The van der Waals surface area contributed by atoms with Crippen molar-refractivity contribution in [2.75, 3.05) is 6.61 Å². The zero-order chi connectivity index (χ0) is 25.2. The maximum atomic E-state index is 14.6. The molecule has 0 aliphatic carbocycles. The smallest absolute Gasteiger partial charge is 0.261 e. The molecule has 0 unspecified atom stereocenters. The highest BCUT2D eigenvalue weighted by atomic mass is 127. The molecule has 1 N–H and O–H groups in total. The Balaban J connectivity index is 1.91. The number of ether oxygens (including phenoxy) is 1. The third kappa shape index (κ3) is 8.06. The van der Waals surface area contributed by atoms with Gasteiger partial charge in [0.15, 0.2) is 6.61 Å². The number of carbonyl (C=O) groups is 2. The fourth-order valence-electron chi connectivity index (χ4n) is 3.56. The number of halogens is 2. The van der Waals surface area contributed by atoms with Crippen molar-refractivity contribution in [3.05, 3.63) is 99.4 Å². The Hall–Kier alpha value is -2.94. The van der Waals surface area contributed by atoms with Crippen molar-refractivity contribution >= 4 is 34.4 Å². The number of amides is 2. The molecule has 0 heterocycles. The van der Waals surface area contributed by atoms with E-state index >= 15 is 0 Å². The van der Waals surface area contributed by atoms with E-state index < -0.39 is 17.8 Å². The molecule has 3 aromatic rings. The highest BCUT2D eigenvalue weighted by molar-refractivity contribution is 14.1.